The largest absolute Gasteiger partial charge is 0.348 e. The van der Waals surface area contributed by atoms with Gasteiger partial charge in [0.05, 0.1) is 18.2 Å². The van der Waals surface area contributed by atoms with Gasteiger partial charge < -0.3 is 10.3 Å². The fourth-order valence-corrected chi connectivity index (χ4v) is 1.87. The molecule has 1 atom stereocenters. The first-order valence-electron chi connectivity index (χ1n) is 5.80. The van der Waals surface area contributed by atoms with E-state index in [0.29, 0.717) is 0 Å². The third-order valence-electron chi connectivity index (χ3n) is 3.25. The van der Waals surface area contributed by atoms with Crippen molar-refractivity contribution >= 4 is 0 Å². The van der Waals surface area contributed by atoms with Crippen molar-refractivity contribution in [1.82, 2.24) is 25.1 Å². The quantitative estimate of drug-likeness (QED) is 0.843. The SMILES string of the molecule is Cc1[nH]cnc1CNC(C)c1cnn(C)c1C. The molecule has 1 unspecified atom stereocenters. The number of nitrogens with one attached hydrogen (secondary N) is 2. The number of rotatable bonds is 4. The standard InChI is InChI=1S/C12H19N5/c1-8(11-5-16-17(4)10(11)3)13-6-12-9(2)14-7-15-12/h5,7-8,13H,6H2,1-4H3,(H,14,15). The van der Waals surface area contributed by atoms with E-state index in [4.69, 9.17) is 0 Å². The van der Waals surface area contributed by atoms with Crippen molar-refractivity contribution in [2.45, 2.75) is 33.4 Å². The summed E-state index contributed by atoms with van der Waals surface area (Å²) in [7, 11) is 1.96. The van der Waals surface area contributed by atoms with Crippen LogP contribution in [0.2, 0.25) is 0 Å². The maximum absolute atomic E-state index is 4.27. The number of nitrogens with zero attached hydrogens (tertiary/aromatic N) is 3. The second-order valence-electron chi connectivity index (χ2n) is 4.39. The van der Waals surface area contributed by atoms with Gasteiger partial charge in [0.2, 0.25) is 0 Å². The summed E-state index contributed by atoms with van der Waals surface area (Å²) in [6.07, 6.45) is 3.65. The molecule has 5 nitrogen and oxygen atoms in total. The monoisotopic (exact) mass is 233 g/mol. The molecule has 0 aliphatic heterocycles. The van der Waals surface area contributed by atoms with Crippen molar-refractivity contribution in [2.75, 3.05) is 0 Å². The summed E-state index contributed by atoms with van der Waals surface area (Å²) in [6.45, 7) is 7.03. The lowest BCUT2D eigenvalue weighted by Gasteiger charge is -2.13. The van der Waals surface area contributed by atoms with Crippen LogP contribution in [0.4, 0.5) is 0 Å². The average Bonchev–Trinajstić information content (AvgIpc) is 2.84. The van der Waals surface area contributed by atoms with Gasteiger partial charge in [0, 0.05) is 36.6 Å². The molecule has 0 aromatic carbocycles. The third-order valence-corrected chi connectivity index (χ3v) is 3.25. The molecule has 0 bridgehead atoms. The van der Waals surface area contributed by atoms with E-state index in [1.54, 1.807) is 6.33 Å². The highest BCUT2D eigenvalue weighted by Gasteiger charge is 2.12. The Morgan fingerprint density at radius 3 is 2.76 bits per heavy atom. The summed E-state index contributed by atoms with van der Waals surface area (Å²) >= 11 is 0. The lowest BCUT2D eigenvalue weighted by molar-refractivity contribution is 0.563. The molecular formula is C12H19N5. The highest BCUT2D eigenvalue weighted by Crippen LogP contribution is 2.16. The van der Waals surface area contributed by atoms with Crippen LogP contribution in [-0.2, 0) is 13.6 Å². The first kappa shape index (κ1) is 11.9. The molecular weight excluding hydrogens is 214 g/mol. The molecule has 2 aromatic heterocycles. The van der Waals surface area contributed by atoms with E-state index in [1.807, 2.05) is 24.9 Å². The van der Waals surface area contributed by atoms with Crippen LogP contribution >= 0.6 is 0 Å². The second kappa shape index (κ2) is 4.71. The molecule has 0 fully saturated rings. The first-order valence-corrected chi connectivity index (χ1v) is 5.80. The Labute approximate surface area is 101 Å². The minimum atomic E-state index is 0.278. The normalized spacial score (nSPS) is 12.9. The Morgan fingerprint density at radius 2 is 2.24 bits per heavy atom. The van der Waals surface area contributed by atoms with Crippen LogP contribution in [0.15, 0.2) is 12.5 Å². The van der Waals surface area contributed by atoms with Crippen molar-refractivity contribution in [1.29, 1.82) is 0 Å². The molecule has 0 radical (unpaired) electrons. The van der Waals surface area contributed by atoms with E-state index in [1.165, 1.54) is 11.3 Å². The van der Waals surface area contributed by atoms with Gasteiger partial charge in [0.1, 0.15) is 0 Å². The maximum Gasteiger partial charge on any atom is 0.0925 e. The van der Waals surface area contributed by atoms with Gasteiger partial charge in [-0.05, 0) is 20.8 Å². The number of aryl methyl sites for hydroxylation is 2. The molecule has 2 rings (SSSR count). The van der Waals surface area contributed by atoms with Gasteiger partial charge in [-0.15, -0.1) is 0 Å². The number of hydrogen-bond donors (Lipinski definition) is 2. The molecule has 0 amide bonds. The highest BCUT2D eigenvalue weighted by atomic mass is 15.3. The average molecular weight is 233 g/mol. The van der Waals surface area contributed by atoms with Crippen LogP contribution in [0.25, 0.3) is 0 Å². The minimum absolute atomic E-state index is 0.278. The molecule has 17 heavy (non-hydrogen) atoms. The van der Waals surface area contributed by atoms with E-state index in [2.05, 4.69) is 34.2 Å². The van der Waals surface area contributed by atoms with Gasteiger partial charge in [-0.3, -0.25) is 4.68 Å². The molecule has 0 aliphatic carbocycles. The summed E-state index contributed by atoms with van der Waals surface area (Å²) < 4.78 is 1.90. The molecule has 0 saturated heterocycles. The molecule has 0 aliphatic rings. The summed E-state index contributed by atoms with van der Waals surface area (Å²) in [4.78, 5) is 7.35. The fourth-order valence-electron chi connectivity index (χ4n) is 1.87. The zero-order valence-electron chi connectivity index (χ0n) is 10.8. The lowest BCUT2D eigenvalue weighted by Crippen LogP contribution is -2.19. The van der Waals surface area contributed by atoms with Gasteiger partial charge in [-0.2, -0.15) is 5.10 Å². The Kier molecular flexibility index (Phi) is 3.28. The van der Waals surface area contributed by atoms with Gasteiger partial charge in [0.15, 0.2) is 0 Å². The molecule has 92 valence electrons. The van der Waals surface area contributed by atoms with E-state index in [0.717, 1.165) is 17.9 Å². The summed E-state index contributed by atoms with van der Waals surface area (Å²) in [6, 6.07) is 0.278. The van der Waals surface area contributed by atoms with E-state index in [9.17, 15) is 0 Å². The predicted octanol–water partition coefficient (Wildman–Crippen LogP) is 1.61. The second-order valence-corrected chi connectivity index (χ2v) is 4.39. The fraction of sp³-hybridized carbons (Fsp3) is 0.500. The van der Waals surface area contributed by atoms with Gasteiger partial charge in [0.25, 0.3) is 0 Å². The van der Waals surface area contributed by atoms with Crippen LogP contribution in [0.5, 0.6) is 0 Å². The van der Waals surface area contributed by atoms with Crippen LogP contribution in [0.3, 0.4) is 0 Å². The van der Waals surface area contributed by atoms with Crippen LogP contribution in [0, 0.1) is 13.8 Å². The van der Waals surface area contributed by atoms with Crippen LogP contribution in [0.1, 0.15) is 35.6 Å². The molecule has 5 heteroatoms. The lowest BCUT2D eigenvalue weighted by atomic mass is 10.1. The summed E-state index contributed by atoms with van der Waals surface area (Å²) in [5.41, 5.74) is 4.62. The Bertz CT molecular complexity index is 497. The van der Waals surface area contributed by atoms with Gasteiger partial charge in [-0.1, -0.05) is 0 Å². The molecule has 2 heterocycles. The van der Waals surface area contributed by atoms with Gasteiger partial charge in [-0.25, -0.2) is 4.98 Å². The van der Waals surface area contributed by atoms with Gasteiger partial charge >= 0.3 is 0 Å². The van der Waals surface area contributed by atoms with Crippen molar-refractivity contribution in [3.05, 3.63) is 35.2 Å². The Hall–Kier alpha value is -1.62. The topological polar surface area (TPSA) is 58.5 Å². The Morgan fingerprint density at radius 1 is 1.47 bits per heavy atom. The Balaban J connectivity index is 2.00. The molecule has 0 saturated carbocycles. The smallest absolute Gasteiger partial charge is 0.0925 e. The molecule has 2 N–H and O–H groups in total. The number of imidazole rings is 1. The summed E-state index contributed by atoms with van der Waals surface area (Å²) in [5, 5.41) is 7.72. The number of H-pyrrole nitrogens is 1. The van der Waals surface area contributed by atoms with Crippen LogP contribution < -0.4 is 5.32 Å². The zero-order chi connectivity index (χ0) is 12.4. The number of hydrogen-bond acceptors (Lipinski definition) is 3. The van der Waals surface area contributed by atoms with Crippen molar-refractivity contribution < 1.29 is 0 Å². The zero-order valence-corrected chi connectivity index (χ0v) is 10.8. The maximum atomic E-state index is 4.27. The number of aromatic nitrogens is 4. The van der Waals surface area contributed by atoms with Crippen LogP contribution in [-0.4, -0.2) is 19.7 Å². The van der Waals surface area contributed by atoms with E-state index >= 15 is 0 Å². The highest BCUT2D eigenvalue weighted by molar-refractivity contribution is 5.20. The van der Waals surface area contributed by atoms with Crippen molar-refractivity contribution in [2.24, 2.45) is 7.05 Å². The molecule has 2 aromatic rings. The van der Waals surface area contributed by atoms with Crippen molar-refractivity contribution in [3.8, 4) is 0 Å². The predicted molar refractivity (Wildman–Crippen MR) is 66.5 cm³/mol. The first-order chi connectivity index (χ1) is 8.09. The minimum Gasteiger partial charge on any atom is -0.348 e. The molecule has 0 spiro atoms. The van der Waals surface area contributed by atoms with E-state index < -0.39 is 0 Å². The summed E-state index contributed by atoms with van der Waals surface area (Å²) in [5.74, 6) is 0. The number of aromatic amines is 1. The third kappa shape index (κ3) is 2.39. The van der Waals surface area contributed by atoms with E-state index in [-0.39, 0.29) is 6.04 Å². The van der Waals surface area contributed by atoms with Crippen molar-refractivity contribution in [3.63, 3.8) is 0 Å².